The molecule has 0 aromatic heterocycles. The quantitative estimate of drug-likeness (QED) is 0.687. The standard InChI is InChI=1S/C11H17N3O/c1-13-10-7-9(8-4-5-8)12-14(10)6-2-3-11(13)15/h7-9,12H,2-6H2,1H3. The van der Waals surface area contributed by atoms with E-state index in [0.29, 0.717) is 12.5 Å². The van der Waals surface area contributed by atoms with Crippen molar-refractivity contribution in [2.24, 2.45) is 5.92 Å². The van der Waals surface area contributed by atoms with Crippen LogP contribution in [-0.2, 0) is 4.79 Å². The average molecular weight is 207 g/mol. The van der Waals surface area contributed by atoms with Crippen molar-refractivity contribution in [3.05, 3.63) is 11.9 Å². The molecule has 0 radical (unpaired) electrons. The summed E-state index contributed by atoms with van der Waals surface area (Å²) in [6.45, 7) is 0.950. The first-order chi connectivity index (χ1) is 7.25. The summed E-state index contributed by atoms with van der Waals surface area (Å²) in [4.78, 5) is 13.5. The van der Waals surface area contributed by atoms with Crippen LogP contribution in [-0.4, -0.2) is 35.5 Å². The zero-order valence-electron chi connectivity index (χ0n) is 9.07. The predicted molar refractivity (Wildman–Crippen MR) is 56.4 cm³/mol. The van der Waals surface area contributed by atoms with Crippen LogP contribution in [0.3, 0.4) is 0 Å². The first-order valence-corrected chi connectivity index (χ1v) is 5.78. The molecular weight excluding hydrogens is 190 g/mol. The number of fused-ring (bicyclic) bond motifs is 1. The van der Waals surface area contributed by atoms with Gasteiger partial charge in [0, 0.05) is 20.0 Å². The van der Waals surface area contributed by atoms with Crippen LogP contribution < -0.4 is 5.43 Å². The van der Waals surface area contributed by atoms with E-state index in [1.807, 2.05) is 7.05 Å². The molecule has 1 aliphatic carbocycles. The number of nitrogens with zero attached hydrogens (tertiary/aromatic N) is 2. The Balaban J connectivity index is 1.83. The van der Waals surface area contributed by atoms with Gasteiger partial charge < -0.3 is 4.90 Å². The summed E-state index contributed by atoms with van der Waals surface area (Å²) < 4.78 is 0. The number of rotatable bonds is 1. The van der Waals surface area contributed by atoms with Gasteiger partial charge in [-0.05, 0) is 31.3 Å². The fourth-order valence-corrected chi connectivity index (χ4v) is 2.39. The Morgan fingerprint density at radius 2 is 2.27 bits per heavy atom. The van der Waals surface area contributed by atoms with Gasteiger partial charge in [0.25, 0.3) is 0 Å². The van der Waals surface area contributed by atoms with Crippen LogP contribution in [0, 0.1) is 5.92 Å². The molecule has 3 rings (SSSR count). The summed E-state index contributed by atoms with van der Waals surface area (Å²) in [5.41, 5.74) is 3.49. The fraction of sp³-hybridized carbons (Fsp3) is 0.727. The van der Waals surface area contributed by atoms with Crippen molar-refractivity contribution in [2.75, 3.05) is 13.6 Å². The minimum Gasteiger partial charge on any atom is -0.301 e. The van der Waals surface area contributed by atoms with Crippen molar-refractivity contribution >= 4 is 5.91 Å². The number of carbonyl (C=O) groups is 1. The van der Waals surface area contributed by atoms with E-state index in [9.17, 15) is 4.79 Å². The molecule has 2 aliphatic heterocycles. The molecule has 1 saturated carbocycles. The highest BCUT2D eigenvalue weighted by atomic mass is 16.2. The fourth-order valence-electron chi connectivity index (χ4n) is 2.39. The average Bonchev–Trinajstić information content (AvgIpc) is 3.00. The molecule has 4 heteroatoms. The second-order valence-corrected chi connectivity index (χ2v) is 4.73. The lowest BCUT2D eigenvalue weighted by Crippen LogP contribution is -2.40. The maximum Gasteiger partial charge on any atom is 0.227 e. The molecule has 3 aliphatic rings. The highest BCUT2D eigenvalue weighted by Crippen LogP contribution is 2.36. The molecular formula is C11H17N3O. The summed E-state index contributed by atoms with van der Waals surface area (Å²) in [5, 5.41) is 2.15. The maximum absolute atomic E-state index is 11.7. The van der Waals surface area contributed by atoms with E-state index in [2.05, 4.69) is 16.5 Å². The van der Waals surface area contributed by atoms with Gasteiger partial charge in [0.05, 0.1) is 6.04 Å². The summed E-state index contributed by atoms with van der Waals surface area (Å²) in [6.07, 6.45) is 6.49. The summed E-state index contributed by atoms with van der Waals surface area (Å²) in [5.74, 6) is 2.10. The Bertz CT molecular complexity index is 322. The van der Waals surface area contributed by atoms with E-state index in [1.165, 1.54) is 12.8 Å². The summed E-state index contributed by atoms with van der Waals surface area (Å²) in [7, 11) is 1.88. The number of hydrogen-bond donors (Lipinski definition) is 1. The van der Waals surface area contributed by atoms with Crippen molar-refractivity contribution in [2.45, 2.75) is 31.7 Å². The highest BCUT2D eigenvalue weighted by Gasteiger charge is 2.37. The van der Waals surface area contributed by atoms with E-state index < -0.39 is 0 Å². The molecule has 2 fully saturated rings. The SMILES string of the molecule is CN1C(=O)CCCN2NC(C3CC3)C=C21. The topological polar surface area (TPSA) is 35.6 Å². The molecule has 82 valence electrons. The number of hydrogen-bond acceptors (Lipinski definition) is 3. The Labute approximate surface area is 89.9 Å². The van der Waals surface area contributed by atoms with Crippen molar-refractivity contribution in [1.82, 2.24) is 15.3 Å². The molecule has 0 aromatic rings. The van der Waals surface area contributed by atoms with Crippen LogP contribution in [0.4, 0.5) is 0 Å². The van der Waals surface area contributed by atoms with Gasteiger partial charge in [-0.3, -0.25) is 9.80 Å². The van der Waals surface area contributed by atoms with Gasteiger partial charge in [0.2, 0.25) is 5.91 Å². The van der Waals surface area contributed by atoms with Gasteiger partial charge in [-0.2, -0.15) is 0 Å². The Morgan fingerprint density at radius 1 is 1.47 bits per heavy atom. The third-order valence-electron chi connectivity index (χ3n) is 3.53. The molecule has 1 saturated heterocycles. The summed E-state index contributed by atoms with van der Waals surface area (Å²) >= 11 is 0. The van der Waals surface area contributed by atoms with E-state index >= 15 is 0 Å². The molecule has 1 unspecified atom stereocenters. The third kappa shape index (κ3) is 1.53. The molecule has 0 bridgehead atoms. The zero-order chi connectivity index (χ0) is 10.4. The molecule has 4 nitrogen and oxygen atoms in total. The lowest BCUT2D eigenvalue weighted by atomic mass is 10.2. The van der Waals surface area contributed by atoms with Crippen molar-refractivity contribution < 1.29 is 4.79 Å². The van der Waals surface area contributed by atoms with Crippen molar-refractivity contribution in [1.29, 1.82) is 0 Å². The van der Waals surface area contributed by atoms with Crippen LogP contribution in [0.5, 0.6) is 0 Å². The van der Waals surface area contributed by atoms with Crippen LogP contribution in [0.15, 0.2) is 11.9 Å². The molecule has 1 atom stereocenters. The Kier molecular flexibility index (Phi) is 1.99. The van der Waals surface area contributed by atoms with Gasteiger partial charge in [0.15, 0.2) is 0 Å². The second-order valence-electron chi connectivity index (χ2n) is 4.73. The molecule has 1 N–H and O–H groups in total. The number of nitrogens with one attached hydrogen (secondary N) is 1. The van der Waals surface area contributed by atoms with Crippen molar-refractivity contribution in [3.8, 4) is 0 Å². The maximum atomic E-state index is 11.7. The Hall–Kier alpha value is -1.03. The van der Waals surface area contributed by atoms with E-state index in [-0.39, 0.29) is 5.91 Å². The van der Waals surface area contributed by atoms with Crippen LogP contribution >= 0.6 is 0 Å². The first-order valence-electron chi connectivity index (χ1n) is 5.78. The third-order valence-corrected chi connectivity index (χ3v) is 3.53. The van der Waals surface area contributed by atoms with E-state index in [0.717, 1.165) is 24.7 Å². The summed E-state index contributed by atoms with van der Waals surface area (Å²) in [6, 6.07) is 0.466. The zero-order valence-corrected chi connectivity index (χ0v) is 9.07. The number of amides is 1. The monoisotopic (exact) mass is 207 g/mol. The second kappa shape index (κ2) is 3.23. The van der Waals surface area contributed by atoms with Crippen LogP contribution in [0.2, 0.25) is 0 Å². The molecule has 0 spiro atoms. The molecule has 1 amide bonds. The Morgan fingerprint density at radius 3 is 3.00 bits per heavy atom. The van der Waals surface area contributed by atoms with Gasteiger partial charge in [-0.15, -0.1) is 0 Å². The minimum atomic E-state index is 0.238. The smallest absolute Gasteiger partial charge is 0.227 e. The van der Waals surface area contributed by atoms with Crippen LogP contribution in [0.25, 0.3) is 0 Å². The predicted octanol–water partition coefficient (Wildman–Crippen LogP) is 0.679. The molecule has 2 heterocycles. The molecule has 15 heavy (non-hydrogen) atoms. The van der Waals surface area contributed by atoms with Gasteiger partial charge in [-0.1, -0.05) is 0 Å². The highest BCUT2D eigenvalue weighted by molar-refractivity contribution is 5.78. The lowest BCUT2D eigenvalue weighted by molar-refractivity contribution is -0.128. The molecule has 0 aromatic carbocycles. The van der Waals surface area contributed by atoms with Gasteiger partial charge in [0.1, 0.15) is 5.82 Å². The van der Waals surface area contributed by atoms with E-state index in [4.69, 9.17) is 0 Å². The number of hydrazine groups is 1. The normalized spacial score (nSPS) is 31.4. The van der Waals surface area contributed by atoms with Crippen LogP contribution in [0.1, 0.15) is 25.7 Å². The minimum absolute atomic E-state index is 0.238. The largest absolute Gasteiger partial charge is 0.301 e. The van der Waals surface area contributed by atoms with E-state index in [1.54, 1.807) is 4.90 Å². The number of carbonyl (C=O) groups excluding carboxylic acids is 1. The lowest BCUT2D eigenvalue weighted by Gasteiger charge is -2.25. The van der Waals surface area contributed by atoms with Gasteiger partial charge in [-0.25, -0.2) is 5.43 Å². The van der Waals surface area contributed by atoms with Gasteiger partial charge >= 0.3 is 0 Å². The first kappa shape index (κ1) is 9.21. The van der Waals surface area contributed by atoms with Crippen molar-refractivity contribution in [3.63, 3.8) is 0 Å².